The van der Waals surface area contributed by atoms with Crippen LogP contribution in [0.3, 0.4) is 0 Å². The number of benzene rings is 3. The molecule has 1 aliphatic heterocycles. The van der Waals surface area contributed by atoms with Crippen LogP contribution in [-0.4, -0.2) is 21.7 Å². The molecule has 4 aromatic rings. The van der Waals surface area contributed by atoms with Crippen LogP contribution in [0.1, 0.15) is 60.4 Å². The molecule has 0 bridgehead atoms. The van der Waals surface area contributed by atoms with Gasteiger partial charge in [-0.25, -0.2) is 0 Å². The maximum Gasteiger partial charge on any atom is 0.296 e. The molecule has 1 N–H and O–H groups in total. The van der Waals surface area contributed by atoms with Crippen LogP contribution in [0.5, 0.6) is 5.75 Å². The van der Waals surface area contributed by atoms with Crippen molar-refractivity contribution in [2.24, 2.45) is 0 Å². The molecule has 0 aliphatic carbocycles. The van der Waals surface area contributed by atoms with E-state index in [1.807, 2.05) is 49.4 Å². The number of aliphatic hydroxyl groups is 1. The minimum atomic E-state index is -0.767. The molecule has 0 saturated carbocycles. The summed E-state index contributed by atoms with van der Waals surface area (Å²) >= 11 is 0. The van der Waals surface area contributed by atoms with E-state index < -0.39 is 17.7 Å². The smallest absolute Gasteiger partial charge is 0.296 e. The molecule has 0 radical (unpaired) electrons. The largest absolute Gasteiger partial charge is 0.507 e. The van der Waals surface area contributed by atoms with E-state index in [0.717, 1.165) is 22.3 Å². The van der Waals surface area contributed by atoms with Gasteiger partial charge in [0.15, 0.2) is 0 Å². The molecule has 5 rings (SSSR count). The number of ether oxygens (including phenoxy) is 1. The van der Waals surface area contributed by atoms with Crippen LogP contribution in [0.4, 0.5) is 0 Å². The predicted octanol–water partition coefficient (Wildman–Crippen LogP) is 7.09. The molecule has 1 unspecified atom stereocenters. The van der Waals surface area contributed by atoms with Gasteiger partial charge < -0.3 is 19.2 Å². The number of hydrogen-bond donors (Lipinski definition) is 1. The number of aryl methyl sites for hydroxylation is 1. The zero-order valence-electron chi connectivity index (χ0n) is 23.2. The summed E-state index contributed by atoms with van der Waals surface area (Å²) < 4.78 is 11.4. The highest BCUT2D eigenvalue weighted by Crippen LogP contribution is 2.41. The molecule has 2 heterocycles. The standard InChI is InChI=1S/C34H33NO5/c1-22-7-5-8-23(19-22)21-40-27-16-12-25(13-17-27)31(36)29-30(24-10-14-26(15-11-24)34(2,3)4)35(33(38)32(29)37)20-28-9-6-18-39-28/h5-19,30,36H,20-21H2,1-4H3/b31-29-. The molecule has 6 nitrogen and oxygen atoms in total. The number of carbonyl (C=O) groups excluding carboxylic acids is 2. The van der Waals surface area contributed by atoms with Crippen molar-refractivity contribution in [2.45, 2.75) is 52.3 Å². The van der Waals surface area contributed by atoms with E-state index >= 15 is 0 Å². The van der Waals surface area contributed by atoms with Gasteiger partial charge in [0.2, 0.25) is 0 Å². The van der Waals surface area contributed by atoms with Gasteiger partial charge in [0.25, 0.3) is 11.7 Å². The molecule has 1 aliphatic rings. The third kappa shape index (κ3) is 5.57. The lowest BCUT2D eigenvalue weighted by molar-refractivity contribution is -0.140. The summed E-state index contributed by atoms with van der Waals surface area (Å²) in [6.07, 6.45) is 1.53. The lowest BCUT2D eigenvalue weighted by Crippen LogP contribution is -2.29. The highest BCUT2D eigenvalue weighted by molar-refractivity contribution is 6.46. The fourth-order valence-corrected chi connectivity index (χ4v) is 4.96. The summed E-state index contributed by atoms with van der Waals surface area (Å²) in [5, 5.41) is 11.4. The second kappa shape index (κ2) is 10.9. The highest BCUT2D eigenvalue weighted by atomic mass is 16.5. The zero-order chi connectivity index (χ0) is 28.4. The second-order valence-electron chi connectivity index (χ2n) is 11.2. The number of ketones is 1. The summed E-state index contributed by atoms with van der Waals surface area (Å²) in [6.45, 7) is 8.92. The first-order valence-electron chi connectivity index (χ1n) is 13.3. The van der Waals surface area contributed by atoms with Gasteiger partial charge in [-0.05, 0) is 65.4 Å². The van der Waals surface area contributed by atoms with E-state index in [9.17, 15) is 14.7 Å². The molecule has 6 heteroatoms. The molecule has 1 saturated heterocycles. The fraction of sp³-hybridized carbons (Fsp3) is 0.235. The number of rotatable bonds is 7. The summed E-state index contributed by atoms with van der Waals surface area (Å²) in [5.74, 6) is -0.455. The van der Waals surface area contributed by atoms with E-state index in [1.54, 1.807) is 36.4 Å². The van der Waals surface area contributed by atoms with Crippen molar-refractivity contribution in [3.63, 3.8) is 0 Å². The van der Waals surface area contributed by atoms with Crippen LogP contribution in [0.25, 0.3) is 5.76 Å². The van der Waals surface area contributed by atoms with Gasteiger partial charge in [-0.15, -0.1) is 0 Å². The maximum absolute atomic E-state index is 13.4. The number of carbonyl (C=O) groups is 2. The van der Waals surface area contributed by atoms with Crippen LogP contribution >= 0.6 is 0 Å². The number of nitrogens with zero attached hydrogens (tertiary/aromatic N) is 1. The number of amides is 1. The highest BCUT2D eigenvalue weighted by Gasteiger charge is 2.46. The zero-order valence-corrected chi connectivity index (χ0v) is 23.2. The van der Waals surface area contributed by atoms with Gasteiger partial charge in [0.05, 0.1) is 24.4 Å². The number of aliphatic hydroxyl groups excluding tert-OH is 1. The topological polar surface area (TPSA) is 80.0 Å². The average Bonchev–Trinajstić information content (AvgIpc) is 3.54. The van der Waals surface area contributed by atoms with Crippen molar-refractivity contribution in [3.05, 3.63) is 130 Å². The van der Waals surface area contributed by atoms with E-state index in [-0.39, 0.29) is 23.3 Å². The predicted molar refractivity (Wildman–Crippen MR) is 154 cm³/mol. The Labute approximate surface area is 234 Å². The Morgan fingerprint density at radius 1 is 0.950 bits per heavy atom. The lowest BCUT2D eigenvalue weighted by Gasteiger charge is -2.26. The number of Topliss-reactive ketones (excluding diaryl/α,β-unsaturated/α-hetero) is 1. The minimum absolute atomic E-state index is 0.0495. The first kappa shape index (κ1) is 27.0. The van der Waals surface area contributed by atoms with Crippen LogP contribution in [-0.2, 0) is 28.2 Å². The first-order valence-corrected chi connectivity index (χ1v) is 13.3. The van der Waals surface area contributed by atoms with Crippen molar-refractivity contribution < 1.29 is 23.8 Å². The van der Waals surface area contributed by atoms with E-state index in [2.05, 4.69) is 26.8 Å². The summed E-state index contributed by atoms with van der Waals surface area (Å²) in [7, 11) is 0. The Morgan fingerprint density at radius 2 is 1.68 bits per heavy atom. The molecule has 3 aromatic carbocycles. The van der Waals surface area contributed by atoms with Crippen LogP contribution in [0.15, 0.2) is 101 Å². The maximum atomic E-state index is 13.4. The van der Waals surface area contributed by atoms with Gasteiger partial charge in [0.1, 0.15) is 23.9 Å². The Morgan fingerprint density at radius 3 is 2.30 bits per heavy atom. The van der Waals surface area contributed by atoms with Gasteiger partial charge >= 0.3 is 0 Å². The SMILES string of the molecule is Cc1cccc(COc2ccc(/C(O)=C3/C(=O)C(=O)N(Cc4ccco4)C3c3ccc(C(C)(C)C)cc3)cc2)c1. The Bertz CT molecular complexity index is 1540. The molecule has 204 valence electrons. The Balaban J connectivity index is 1.48. The summed E-state index contributed by atoms with van der Waals surface area (Å²) in [4.78, 5) is 28.1. The van der Waals surface area contributed by atoms with Gasteiger partial charge in [-0.3, -0.25) is 9.59 Å². The molecule has 1 amide bonds. The quantitative estimate of drug-likeness (QED) is 0.155. The van der Waals surface area contributed by atoms with E-state index in [0.29, 0.717) is 23.7 Å². The van der Waals surface area contributed by atoms with Crippen LogP contribution in [0, 0.1) is 6.92 Å². The van der Waals surface area contributed by atoms with Gasteiger partial charge in [-0.1, -0.05) is 74.9 Å². The van der Waals surface area contributed by atoms with Crippen molar-refractivity contribution >= 4 is 17.4 Å². The van der Waals surface area contributed by atoms with Crippen LogP contribution in [0.2, 0.25) is 0 Å². The number of furan rings is 1. The molecule has 0 spiro atoms. The van der Waals surface area contributed by atoms with Gasteiger partial charge in [-0.2, -0.15) is 0 Å². The second-order valence-corrected chi connectivity index (χ2v) is 11.2. The monoisotopic (exact) mass is 535 g/mol. The van der Waals surface area contributed by atoms with Crippen molar-refractivity contribution in [1.29, 1.82) is 0 Å². The molecular weight excluding hydrogens is 502 g/mol. The van der Waals surface area contributed by atoms with E-state index in [4.69, 9.17) is 9.15 Å². The molecule has 1 fully saturated rings. The van der Waals surface area contributed by atoms with Crippen molar-refractivity contribution in [1.82, 2.24) is 4.90 Å². The number of hydrogen-bond acceptors (Lipinski definition) is 5. The van der Waals surface area contributed by atoms with Gasteiger partial charge in [0, 0.05) is 5.56 Å². The Hall–Kier alpha value is -4.58. The lowest BCUT2D eigenvalue weighted by atomic mass is 9.85. The summed E-state index contributed by atoms with van der Waals surface area (Å²) in [6, 6.07) is 25.5. The third-order valence-corrected chi connectivity index (χ3v) is 7.15. The van der Waals surface area contributed by atoms with Crippen molar-refractivity contribution in [3.8, 4) is 5.75 Å². The normalized spacial score (nSPS) is 16.9. The van der Waals surface area contributed by atoms with E-state index in [1.165, 1.54) is 11.2 Å². The number of likely N-dealkylation sites (tertiary alicyclic amines) is 1. The average molecular weight is 536 g/mol. The first-order chi connectivity index (χ1) is 19.1. The molecular formula is C34H33NO5. The fourth-order valence-electron chi connectivity index (χ4n) is 4.96. The summed E-state index contributed by atoms with van der Waals surface area (Å²) in [5.41, 5.74) is 4.49. The van der Waals surface area contributed by atoms with Crippen molar-refractivity contribution in [2.75, 3.05) is 0 Å². The Kier molecular flexibility index (Phi) is 7.35. The molecule has 40 heavy (non-hydrogen) atoms. The molecule has 1 atom stereocenters. The third-order valence-electron chi connectivity index (χ3n) is 7.15. The van der Waals surface area contributed by atoms with Crippen LogP contribution < -0.4 is 4.74 Å². The molecule has 1 aromatic heterocycles. The minimum Gasteiger partial charge on any atom is -0.507 e.